The molecule has 0 bridgehead atoms. The van der Waals surface area contributed by atoms with Crippen LogP contribution >= 0.6 is 0 Å². The van der Waals surface area contributed by atoms with Crippen molar-refractivity contribution in [2.75, 3.05) is 24.6 Å². The van der Waals surface area contributed by atoms with Crippen LogP contribution in [0.4, 0.5) is 10.2 Å². The molecule has 8 nitrogen and oxygen atoms in total. The molecule has 1 aliphatic heterocycles. The van der Waals surface area contributed by atoms with Crippen LogP contribution < -0.4 is 10.6 Å². The lowest BCUT2D eigenvalue weighted by molar-refractivity contribution is -0.130. The standard InChI is InChI=1S/C22H25FN6O2/c1-13-8-16(4-5-17(13)23)10-19-25-20(28-6-7-31-18(12-28)22(24)30)11-21(26-19)29-15(3)9-14(2)27-29/h4-5,8-9,11,18H,6-7,10,12H2,1-3H3,(H2,24,30)/t18-/m0/s1. The first-order valence-corrected chi connectivity index (χ1v) is 10.1. The highest BCUT2D eigenvalue weighted by molar-refractivity contribution is 5.79. The van der Waals surface area contributed by atoms with Crippen molar-refractivity contribution in [2.24, 2.45) is 5.73 Å². The molecule has 3 aromatic rings. The molecule has 1 saturated heterocycles. The minimum atomic E-state index is -0.691. The number of carbonyl (C=O) groups excluding carboxylic acids is 1. The van der Waals surface area contributed by atoms with Crippen LogP contribution in [0.25, 0.3) is 5.82 Å². The molecular weight excluding hydrogens is 399 g/mol. The number of amides is 1. The van der Waals surface area contributed by atoms with Crippen molar-refractivity contribution in [2.45, 2.75) is 33.3 Å². The number of hydrogen-bond donors (Lipinski definition) is 1. The fourth-order valence-corrected chi connectivity index (χ4v) is 3.71. The van der Waals surface area contributed by atoms with Gasteiger partial charge in [0, 0.05) is 24.7 Å². The molecule has 0 unspecified atom stereocenters. The normalized spacial score (nSPS) is 16.5. The van der Waals surface area contributed by atoms with Crippen molar-refractivity contribution in [3.05, 3.63) is 64.5 Å². The van der Waals surface area contributed by atoms with Gasteiger partial charge in [-0.05, 0) is 44.0 Å². The smallest absolute Gasteiger partial charge is 0.248 e. The van der Waals surface area contributed by atoms with Crippen molar-refractivity contribution in [1.29, 1.82) is 0 Å². The summed E-state index contributed by atoms with van der Waals surface area (Å²) in [6, 6.07) is 8.81. The molecule has 1 fully saturated rings. The topological polar surface area (TPSA) is 99.2 Å². The summed E-state index contributed by atoms with van der Waals surface area (Å²) < 4.78 is 20.9. The molecule has 1 atom stereocenters. The molecule has 2 aromatic heterocycles. The Morgan fingerprint density at radius 1 is 1.19 bits per heavy atom. The van der Waals surface area contributed by atoms with Crippen LogP contribution in [0.3, 0.4) is 0 Å². The Morgan fingerprint density at radius 3 is 2.65 bits per heavy atom. The van der Waals surface area contributed by atoms with E-state index in [1.807, 2.05) is 30.9 Å². The first-order chi connectivity index (χ1) is 14.8. The van der Waals surface area contributed by atoms with E-state index in [1.165, 1.54) is 6.07 Å². The van der Waals surface area contributed by atoms with E-state index >= 15 is 0 Å². The van der Waals surface area contributed by atoms with Gasteiger partial charge in [0.15, 0.2) is 11.9 Å². The monoisotopic (exact) mass is 424 g/mol. The van der Waals surface area contributed by atoms with Gasteiger partial charge in [-0.3, -0.25) is 4.79 Å². The largest absolute Gasteiger partial charge is 0.367 e. The number of primary amides is 1. The van der Waals surface area contributed by atoms with Crippen LogP contribution in [0, 0.1) is 26.6 Å². The summed E-state index contributed by atoms with van der Waals surface area (Å²) >= 11 is 0. The summed E-state index contributed by atoms with van der Waals surface area (Å²) in [4.78, 5) is 23.0. The minimum absolute atomic E-state index is 0.243. The second-order valence-corrected chi connectivity index (χ2v) is 7.81. The number of carbonyl (C=O) groups is 1. The summed E-state index contributed by atoms with van der Waals surface area (Å²) in [7, 11) is 0. The first-order valence-electron chi connectivity index (χ1n) is 10.1. The molecule has 0 saturated carbocycles. The van der Waals surface area contributed by atoms with Gasteiger partial charge in [-0.1, -0.05) is 12.1 Å². The Kier molecular flexibility index (Phi) is 5.69. The van der Waals surface area contributed by atoms with Gasteiger partial charge in [0.25, 0.3) is 0 Å². The number of nitrogens with two attached hydrogens (primary N) is 1. The number of rotatable bonds is 5. The van der Waals surface area contributed by atoms with Crippen molar-refractivity contribution < 1.29 is 13.9 Å². The summed E-state index contributed by atoms with van der Waals surface area (Å²) in [6.07, 6.45) is -0.255. The first kappa shape index (κ1) is 20.9. The number of nitrogens with zero attached hydrogens (tertiary/aromatic N) is 5. The van der Waals surface area contributed by atoms with Crippen molar-refractivity contribution in [1.82, 2.24) is 19.7 Å². The Bertz CT molecular complexity index is 1130. The zero-order valence-electron chi connectivity index (χ0n) is 17.8. The Morgan fingerprint density at radius 2 is 1.97 bits per heavy atom. The van der Waals surface area contributed by atoms with E-state index in [0.29, 0.717) is 49.1 Å². The number of hydrogen-bond acceptors (Lipinski definition) is 6. The zero-order valence-corrected chi connectivity index (χ0v) is 17.8. The molecule has 0 spiro atoms. The molecule has 2 N–H and O–H groups in total. The van der Waals surface area contributed by atoms with E-state index in [0.717, 1.165) is 17.0 Å². The number of benzene rings is 1. The molecular formula is C22H25FN6O2. The molecule has 0 aliphatic carbocycles. The SMILES string of the molecule is Cc1cc(C)n(-c2cc(N3CCO[C@H](C(N)=O)C3)nc(Cc3ccc(F)c(C)c3)n2)n1. The van der Waals surface area contributed by atoms with E-state index in [1.54, 1.807) is 23.7 Å². The van der Waals surface area contributed by atoms with Gasteiger partial charge >= 0.3 is 0 Å². The molecule has 1 aliphatic rings. The third-order valence-corrected chi connectivity index (χ3v) is 5.26. The van der Waals surface area contributed by atoms with Crippen LogP contribution in [0.1, 0.15) is 28.3 Å². The Hall–Kier alpha value is -3.33. The molecule has 162 valence electrons. The molecule has 31 heavy (non-hydrogen) atoms. The van der Waals surface area contributed by atoms with Crippen LogP contribution in [0.5, 0.6) is 0 Å². The van der Waals surface area contributed by atoms with Gasteiger partial charge in [0.05, 0.1) is 18.8 Å². The van der Waals surface area contributed by atoms with Crippen LogP contribution in [0.15, 0.2) is 30.3 Å². The Balaban J connectivity index is 1.74. The average molecular weight is 424 g/mol. The van der Waals surface area contributed by atoms with Gasteiger partial charge in [0.2, 0.25) is 5.91 Å². The molecule has 1 amide bonds. The number of morpholine rings is 1. The van der Waals surface area contributed by atoms with Gasteiger partial charge in [0.1, 0.15) is 17.5 Å². The predicted octanol–water partition coefficient (Wildman–Crippen LogP) is 2.01. The third kappa shape index (κ3) is 4.56. The fourth-order valence-electron chi connectivity index (χ4n) is 3.71. The van der Waals surface area contributed by atoms with E-state index in [9.17, 15) is 9.18 Å². The second kappa shape index (κ2) is 8.43. The van der Waals surface area contributed by atoms with Crippen LogP contribution in [-0.4, -0.2) is 51.5 Å². The lowest BCUT2D eigenvalue weighted by atomic mass is 10.1. The maximum Gasteiger partial charge on any atom is 0.248 e. The van der Waals surface area contributed by atoms with Crippen LogP contribution in [0.2, 0.25) is 0 Å². The lowest BCUT2D eigenvalue weighted by Crippen LogP contribution is -2.48. The van der Waals surface area contributed by atoms with Gasteiger partial charge in [-0.2, -0.15) is 5.10 Å². The van der Waals surface area contributed by atoms with E-state index < -0.39 is 12.0 Å². The van der Waals surface area contributed by atoms with Gasteiger partial charge in [-0.15, -0.1) is 0 Å². The van der Waals surface area contributed by atoms with Gasteiger partial charge in [-0.25, -0.2) is 19.0 Å². The summed E-state index contributed by atoms with van der Waals surface area (Å²) in [5.41, 5.74) is 8.75. The zero-order chi connectivity index (χ0) is 22.1. The number of ether oxygens (including phenoxy) is 1. The quantitative estimate of drug-likeness (QED) is 0.673. The number of anilines is 1. The van der Waals surface area contributed by atoms with Crippen molar-refractivity contribution >= 4 is 11.7 Å². The van der Waals surface area contributed by atoms with Crippen molar-refractivity contribution in [3.8, 4) is 5.82 Å². The highest BCUT2D eigenvalue weighted by Gasteiger charge is 2.26. The highest BCUT2D eigenvalue weighted by Crippen LogP contribution is 2.21. The lowest BCUT2D eigenvalue weighted by Gasteiger charge is -2.32. The van der Waals surface area contributed by atoms with E-state index in [-0.39, 0.29) is 5.82 Å². The summed E-state index contributed by atoms with van der Waals surface area (Å²) in [5, 5.41) is 4.54. The predicted molar refractivity (Wildman–Crippen MR) is 114 cm³/mol. The summed E-state index contributed by atoms with van der Waals surface area (Å²) in [5.74, 6) is 1.13. The average Bonchev–Trinajstić information content (AvgIpc) is 3.08. The van der Waals surface area contributed by atoms with Crippen molar-refractivity contribution in [3.63, 3.8) is 0 Å². The number of aromatic nitrogens is 4. The second-order valence-electron chi connectivity index (χ2n) is 7.81. The number of aryl methyl sites for hydroxylation is 3. The molecule has 4 rings (SSSR count). The maximum absolute atomic E-state index is 13.7. The van der Waals surface area contributed by atoms with Crippen LogP contribution in [-0.2, 0) is 16.0 Å². The number of halogens is 1. The fraction of sp³-hybridized carbons (Fsp3) is 0.364. The van der Waals surface area contributed by atoms with E-state index in [4.69, 9.17) is 20.4 Å². The molecule has 9 heteroatoms. The third-order valence-electron chi connectivity index (χ3n) is 5.26. The molecule has 0 radical (unpaired) electrons. The van der Waals surface area contributed by atoms with E-state index in [2.05, 4.69) is 5.10 Å². The molecule has 3 heterocycles. The molecule has 1 aromatic carbocycles. The van der Waals surface area contributed by atoms with Gasteiger partial charge < -0.3 is 15.4 Å². The minimum Gasteiger partial charge on any atom is -0.367 e. The Labute approximate surface area is 179 Å². The highest BCUT2D eigenvalue weighted by atomic mass is 19.1. The maximum atomic E-state index is 13.7. The summed E-state index contributed by atoms with van der Waals surface area (Å²) in [6.45, 7) is 6.88.